The highest BCUT2D eigenvalue weighted by atomic mass is 16.5. The molecule has 1 aromatic heterocycles. The van der Waals surface area contributed by atoms with Crippen LogP contribution in [0.15, 0.2) is 31.0 Å². The number of pyridine rings is 1. The van der Waals surface area contributed by atoms with Crippen LogP contribution in [0.4, 0.5) is 0 Å². The van der Waals surface area contributed by atoms with Gasteiger partial charge < -0.3 is 15.8 Å². The van der Waals surface area contributed by atoms with E-state index in [0.717, 1.165) is 5.69 Å². The summed E-state index contributed by atoms with van der Waals surface area (Å²) in [5, 5.41) is 2.60. The van der Waals surface area contributed by atoms with Crippen molar-refractivity contribution < 1.29 is 9.53 Å². The number of aromatic nitrogens is 1. The number of hydrogen-bond donors (Lipinski definition) is 2. The molecular weight excluding hydrogens is 206 g/mol. The molecule has 0 aliphatic heterocycles. The molecule has 1 rings (SSSR count). The van der Waals surface area contributed by atoms with Gasteiger partial charge in [-0.2, -0.15) is 0 Å². The van der Waals surface area contributed by atoms with Gasteiger partial charge in [-0.25, -0.2) is 0 Å². The molecule has 1 aromatic rings. The molecule has 0 saturated carbocycles. The van der Waals surface area contributed by atoms with Crippen molar-refractivity contribution in [3.8, 4) is 5.75 Å². The van der Waals surface area contributed by atoms with Crippen molar-refractivity contribution in [2.24, 2.45) is 5.73 Å². The van der Waals surface area contributed by atoms with Gasteiger partial charge in [-0.3, -0.25) is 9.78 Å². The van der Waals surface area contributed by atoms with Gasteiger partial charge >= 0.3 is 0 Å². The number of hydrogen-bond acceptors (Lipinski definition) is 4. The molecule has 16 heavy (non-hydrogen) atoms. The number of nitrogens with two attached hydrogens (primary N) is 1. The summed E-state index contributed by atoms with van der Waals surface area (Å²) < 4.78 is 5.21. The van der Waals surface area contributed by atoms with Crippen LogP contribution in [0, 0.1) is 0 Å². The fourth-order valence-corrected chi connectivity index (χ4v) is 1.00. The van der Waals surface area contributed by atoms with Crippen molar-refractivity contribution >= 4 is 5.91 Å². The summed E-state index contributed by atoms with van der Waals surface area (Å²) in [6.07, 6.45) is 3.15. The molecule has 0 spiro atoms. The normalized spacial score (nSPS) is 9.56. The van der Waals surface area contributed by atoms with E-state index in [1.165, 1.54) is 0 Å². The Bertz CT molecular complexity index is 349. The van der Waals surface area contributed by atoms with Crippen LogP contribution >= 0.6 is 0 Å². The quantitative estimate of drug-likeness (QED) is 0.674. The summed E-state index contributed by atoms with van der Waals surface area (Å²) in [5.41, 5.74) is 6.18. The van der Waals surface area contributed by atoms with Gasteiger partial charge in [0.15, 0.2) is 6.61 Å². The van der Waals surface area contributed by atoms with E-state index < -0.39 is 0 Å². The first-order chi connectivity index (χ1) is 7.76. The maximum absolute atomic E-state index is 11.2. The van der Waals surface area contributed by atoms with Crippen molar-refractivity contribution in [1.82, 2.24) is 10.3 Å². The Morgan fingerprint density at radius 1 is 1.62 bits per heavy atom. The summed E-state index contributed by atoms with van der Waals surface area (Å²) in [4.78, 5) is 15.2. The maximum atomic E-state index is 11.2. The molecule has 0 atom stereocenters. The fourth-order valence-electron chi connectivity index (χ4n) is 1.00. The van der Waals surface area contributed by atoms with Crippen LogP contribution in [0.25, 0.3) is 0 Å². The molecule has 0 saturated heterocycles. The molecule has 0 radical (unpaired) electrons. The SMILES string of the molecule is C=CCNC(=O)COc1ccc(CN)nc1. The Morgan fingerprint density at radius 3 is 3.00 bits per heavy atom. The lowest BCUT2D eigenvalue weighted by Crippen LogP contribution is -2.28. The molecule has 1 amide bonds. The zero-order valence-corrected chi connectivity index (χ0v) is 8.98. The van der Waals surface area contributed by atoms with Gasteiger partial charge in [0.25, 0.3) is 5.91 Å². The average molecular weight is 221 g/mol. The van der Waals surface area contributed by atoms with Crippen molar-refractivity contribution in [2.75, 3.05) is 13.2 Å². The van der Waals surface area contributed by atoms with E-state index in [0.29, 0.717) is 18.8 Å². The van der Waals surface area contributed by atoms with Crippen LogP contribution in [0.2, 0.25) is 0 Å². The molecule has 0 aromatic carbocycles. The first-order valence-corrected chi connectivity index (χ1v) is 4.91. The largest absolute Gasteiger partial charge is 0.482 e. The minimum absolute atomic E-state index is 0.0303. The van der Waals surface area contributed by atoms with Gasteiger partial charge in [0, 0.05) is 13.1 Å². The second kappa shape index (κ2) is 6.58. The van der Waals surface area contributed by atoms with Gasteiger partial charge in [0.2, 0.25) is 0 Å². The highest BCUT2D eigenvalue weighted by Crippen LogP contribution is 2.08. The zero-order valence-electron chi connectivity index (χ0n) is 8.98. The Hall–Kier alpha value is -1.88. The number of ether oxygens (including phenoxy) is 1. The number of nitrogens with one attached hydrogen (secondary N) is 1. The van der Waals surface area contributed by atoms with Crippen LogP contribution in [-0.4, -0.2) is 24.0 Å². The summed E-state index contributed by atoms with van der Waals surface area (Å²) >= 11 is 0. The topological polar surface area (TPSA) is 77.2 Å². The van der Waals surface area contributed by atoms with Crippen LogP contribution in [0.3, 0.4) is 0 Å². The molecule has 0 fully saturated rings. The van der Waals surface area contributed by atoms with Gasteiger partial charge in [-0.1, -0.05) is 6.08 Å². The average Bonchev–Trinajstić information content (AvgIpc) is 2.34. The van der Waals surface area contributed by atoms with Crippen LogP contribution < -0.4 is 15.8 Å². The van der Waals surface area contributed by atoms with Gasteiger partial charge in [-0.05, 0) is 12.1 Å². The minimum Gasteiger partial charge on any atom is -0.482 e. The second-order valence-corrected chi connectivity index (χ2v) is 3.07. The third-order valence-electron chi connectivity index (χ3n) is 1.82. The van der Waals surface area contributed by atoms with Crippen LogP contribution in [-0.2, 0) is 11.3 Å². The van der Waals surface area contributed by atoms with E-state index in [9.17, 15) is 4.79 Å². The predicted octanol–water partition coefficient (Wildman–Crippen LogP) is 0.221. The zero-order chi connectivity index (χ0) is 11.8. The summed E-state index contributed by atoms with van der Waals surface area (Å²) in [7, 11) is 0. The highest BCUT2D eigenvalue weighted by Gasteiger charge is 2.01. The highest BCUT2D eigenvalue weighted by molar-refractivity contribution is 5.77. The smallest absolute Gasteiger partial charge is 0.258 e. The molecule has 0 bridgehead atoms. The third-order valence-corrected chi connectivity index (χ3v) is 1.82. The Kier molecular flexibility index (Phi) is 5.01. The van der Waals surface area contributed by atoms with E-state index in [1.807, 2.05) is 0 Å². The molecule has 5 nitrogen and oxygen atoms in total. The molecule has 3 N–H and O–H groups in total. The van der Waals surface area contributed by atoms with Crippen molar-refractivity contribution in [3.05, 3.63) is 36.7 Å². The summed E-state index contributed by atoms with van der Waals surface area (Å²) in [6, 6.07) is 3.49. The molecule has 1 heterocycles. The lowest BCUT2D eigenvalue weighted by atomic mass is 10.3. The molecule has 0 aliphatic carbocycles. The lowest BCUT2D eigenvalue weighted by molar-refractivity contribution is -0.122. The molecule has 0 unspecified atom stereocenters. The monoisotopic (exact) mass is 221 g/mol. The first-order valence-electron chi connectivity index (χ1n) is 4.91. The van der Waals surface area contributed by atoms with E-state index in [-0.39, 0.29) is 12.5 Å². The maximum Gasteiger partial charge on any atom is 0.258 e. The summed E-state index contributed by atoms with van der Waals surface area (Å²) in [6.45, 7) is 4.29. The number of carbonyl (C=O) groups is 1. The van der Waals surface area contributed by atoms with Crippen molar-refractivity contribution in [1.29, 1.82) is 0 Å². The number of nitrogens with zero attached hydrogens (tertiary/aromatic N) is 1. The van der Waals surface area contributed by atoms with Crippen molar-refractivity contribution in [3.63, 3.8) is 0 Å². The van der Waals surface area contributed by atoms with Crippen LogP contribution in [0.1, 0.15) is 5.69 Å². The molecule has 86 valence electrons. The van der Waals surface area contributed by atoms with Gasteiger partial charge in [0.1, 0.15) is 5.75 Å². The first kappa shape index (κ1) is 12.2. The fraction of sp³-hybridized carbons (Fsp3) is 0.273. The molecule has 0 aliphatic rings. The Labute approximate surface area is 94.3 Å². The Balaban J connectivity index is 2.36. The van der Waals surface area contributed by atoms with Crippen LogP contribution in [0.5, 0.6) is 5.75 Å². The van der Waals surface area contributed by atoms with E-state index in [2.05, 4.69) is 16.9 Å². The van der Waals surface area contributed by atoms with E-state index >= 15 is 0 Å². The minimum atomic E-state index is -0.192. The number of amides is 1. The second-order valence-electron chi connectivity index (χ2n) is 3.07. The molecular formula is C11H15N3O2. The number of carbonyl (C=O) groups excluding carboxylic acids is 1. The van der Waals surface area contributed by atoms with E-state index in [4.69, 9.17) is 10.5 Å². The lowest BCUT2D eigenvalue weighted by Gasteiger charge is -2.06. The third kappa shape index (κ3) is 4.10. The van der Waals surface area contributed by atoms with Gasteiger partial charge in [0.05, 0.1) is 11.9 Å². The molecule has 5 heteroatoms. The summed E-state index contributed by atoms with van der Waals surface area (Å²) in [5.74, 6) is 0.355. The van der Waals surface area contributed by atoms with Crippen molar-refractivity contribution in [2.45, 2.75) is 6.54 Å². The standard InChI is InChI=1S/C11H15N3O2/c1-2-5-13-11(15)8-16-10-4-3-9(6-12)14-7-10/h2-4,7H,1,5-6,8,12H2,(H,13,15). The number of rotatable bonds is 6. The van der Waals surface area contributed by atoms with E-state index in [1.54, 1.807) is 24.4 Å². The Morgan fingerprint density at radius 2 is 2.44 bits per heavy atom. The van der Waals surface area contributed by atoms with Gasteiger partial charge in [-0.15, -0.1) is 6.58 Å². The predicted molar refractivity (Wildman–Crippen MR) is 60.8 cm³/mol.